The van der Waals surface area contributed by atoms with Gasteiger partial charge in [0, 0.05) is 11.7 Å². The van der Waals surface area contributed by atoms with Crippen molar-refractivity contribution in [1.29, 1.82) is 0 Å². The van der Waals surface area contributed by atoms with Gasteiger partial charge in [0.05, 0.1) is 12.7 Å². The zero-order valence-electron chi connectivity index (χ0n) is 9.41. The molecule has 0 spiro atoms. The molecule has 0 aliphatic rings. The Kier molecular flexibility index (Phi) is 4.16. The first-order chi connectivity index (χ1) is 7.17. The van der Waals surface area contributed by atoms with Crippen molar-refractivity contribution in [2.24, 2.45) is 0 Å². The molecule has 0 aliphatic carbocycles. The second-order valence-electron chi connectivity index (χ2n) is 3.53. The number of anilines is 1. The lowest BCUT2D eigenvalue weighted by atomic mass is 10.2. The van der Waals surface area contributed by atoms with Crippen LogP contribution in [0.25, 0.3) is 0 Å². The summed E-state index contributed by atoms with van der Waals surface area (Å²) >= 11 is 0. The van der Waals surface area contributed by atoms with Gasteiger partial charge in [0.15, 0.2) is 0 Å². The van der Waals surface area contributed by atoms with Crippen LogP contribution in [0, 0.1) is 0 Å². The van der Waals surface area contributed by atoms with E-state index in [1.165, 1.54) is 7.11 Å². The molecule has 1 aromatic rings. The lowest BCUT2D eigenvalue weighted by Crippen LogP contribution is -2.13. The highest BCUT2D eigenvalue weighted by Crippen LogP contribution is 2.13. The summed E-state index contributed by atoms with van der Waals surface area (Å²) in [5.41, 5.74) is 1.53. The molecule has 1 aromatic carbocycles. The molecule has 3 nitrogen and oxygen atoms in total. The summed E-state index contributed by atoms with van der Waals surface area (Å²) < 4.78 is 4.66. The second kappa shape index (κ2) is 5.39. The Labute approximate surface area is 90.4 Å². The Balaban J connectivity index is 2.78. The lowest BCUT2D eigenvalue weighted by molar-refractivity contribution is 0.0601. The fourth-order valence-corrected chi connectivity index (χ4v) is 1.24. The first-order valence-electron chi connectivity index (χ1n) is 5.12. The van der Waals surface area contributed by atoms with Crippen LogP contribution >= 0.6 is 0 Å². The third kappa shape index (κ3) is 3.27. The molecule has 0 radical (unpaired) electrons. The summed E-state index contributed by atoms with van der Waals surface area (Å²) in [4.78, 5) is 11.3. The van der Waals surface area contributed by atoms with E-state index >= 15 is 0 Å². The maximum atomic E-state index is 11.3. The first-order valence-corrected chi connectivity index (χ1v) is 5.12. The van der Waals surface area contributed by atoms with Crippen molar-refractivity contribution in [3.8, 4) is 0 Å². The Hall–Kier alpha value is -1.51. The fraction of sp³-hybridized carbons (Fsp3) is 0.417. The van der Waals surface area contributed by atoms with Crippen LogP contribution < -0.4 is 5.32 Å². The van der Waals surface area contributed by atoms with Crippen LogP contribution in [0.5, 0.6) is 0 Å². The number of esters is 1. The largest absolute Gasteiger partial charge is 0.465 e. The smallest absolute Gasteiger partial charge is 0.337 e. The van der Waals surface area contributed by atoms with Gasteiger partial charge in [0.25, 0.3) is 0 Å². The highest BCUT2D eigenvalue weighted by atomic mass is 16.5. The molecule has 0 aliphatic heterocycles. The average Bonchev–Trinajstić information content (AvgIpc) is 2.28. The molecule has 1 N–H and O–H groups in total. The maximum absolute atomic E-state index is 11.3. The summed E-state index contributed by atoms with van der Waals surface area (Å²) in [5.74, 6) is -0.303. The number of rotatable bonds is 4. The van der Waals surface area contributed by atoms with Crippen molar-refractivity contribution in [3.63, 3.8) is 0 Å². The minimum absolute atomic E-state index is 0.303. The van der Waals surface area contributed by atoms with Gasteiger partial charge >= 0.3 is 5.97 Å². The van der Waals surface area contributed by atoms with Gasteiger partial charge in [0.2, 0.25) is 0 Å². The number of benzene rings is 1. The number of hydrogen-bond donors (Lipinski definition) is 1. The topological polar surface area (TPSA) is 38.3 Å². The van der Waals surface area contributed by atoms with Crippen LogP contribution in [0.1, 0.15) is 30.6 Å². The van der Waals surface area contributed by atoms with E-state index in [0.717, 1.165) is 12.1 Å². The van der Waals surface area contributed by atoms with Crippen LogP contribution in [0.4, 0.5) is 5.69 Å². The third-order valence-corrected chi connectivity index (χ3v) is 2.31. The number of nitrogens with one attached hydrogen (secondary N) is 1. The monoisotopic (exact) mass is 207 g/mol. The lowest BCUT2D eigenvalue weighted by Gasteiger charge is -2.13. The fourth-order valence-electron chi connectivity index (χ4n) is 1.24. The van der Waals surface area contributed by atoms with Crippen LogP contribution in [0.15, 0.2) is 24.3 Å². The molecule has 0 amide bonds. The molecule has 1 atom stereocenters. The molecule has 15 heavy (non-hydrogen) atoms. The van der Waals surface area contributed by atoms with Gasteiger partial charge in [-0.3, -0.25) is 0 Å². The van der Waals surface area contributed by atoms with Crippen molar-refractivity contribution < 1.29 is 9.53 Å². The number of methoxy groups -OCH3 is 1. The Bertz CT molecular complexity index is 336. The van der Waals surface area contributed by atoms with Crippen molar-refractivity contribution in [3.05, 3.63) is 29.8 Å². The summed E-state index contributed by atoms with van der Waals surface area (Å²) in [6.45, 7) is 4.21. The minimum atomic E-state index is -0.303. The van der Waals surface area contributed by atoms with E-state index in [4.69, 9.17) is 0 Å². The summed E-state index contributed by atoms with van der Waals surface area (Å²) in [6, 6.07) is 7.74. The molecule has 0 bridgehead atoms. The highest BCUT2D eigenvalue weighted by molar-refractivity contribution is 5.90. The van der Waals surface area contributed by atoms with Gasteiger partial charge in [-0.25, -0.2) is 4.79 Å². The molecule has 1 rings (SSSR count). The summed E-state index contributed by atoms with van der Waals surface area (Å²) in [7, 11) is 1.39. The second-order valence-corrected chi connectivity index (χ2v) is 3.53. The number of carbonyl (C=O) groups excluding carboxylic acids is 1. The highest BCUT2D eigenvalue weighted by Gasteiger charge is 2.06. The van der Waals surface area contributed by atoms with E-state index in [2.05, 4.69) is 23.9 Å². The van der Waals surface area contributed by atoms with Gasteiger partial charge in [-0.2, -0.15) is 0 Å². The number of ether oxygens (including phenoxy) is 1. The molecule has 0 saturated heterocycles. The van der Waals surface area contributed by atoms with E-state index < -0.39 is 0 Å². The average molecular weight is 207 g/mol. The zero-order valence-corrected chi connectivity index (χ0v) is 9.41. The van der Waals surface area contributed by atoms with Gasteiger partial charge in [-0.1, -0.05) is 13.0 Å². The molecular weight excluding hydrogens is 190 g/mol. The Morgan fingerprint density at radius 1 is 1.53 bits per heavy atom. The molecule has 0 fully saturated rings. The summed E-state index contributed by atoms with van der Waals surface area (Å²) in [5, 5.41) is 3.30. The molecule has 0 aromatic heterocycles. The van der Waals surface area contributed by atoms with E-state index in [9.17, 15) is 4.79 Å². The quantitative estimate of drug-likeness (QED) is 0.771. The van der Waals surface area contributed by atoms with Crippen molar-refractivity contribution >= 4 is 11.7 Å². The van der Waals surface area contributed by atoms with Crippen LogP contribution in [-0.2, 0) is 4.74 Å². The normalized spacial score (nSPS) is 11.9. The van der Waals surface area contributed by atoms with Crippen LogP contribution in [-0.4, -0.2) is 19.1 Å². The predicted octanol–water partition coefficient (Wildman–Crippen LogP) is 2.68. The van der Waals surface area contributed by atoms with Gasteiger partial charge in [0.1, 0.15) is 0 Å². The van der Waals surface area contributed by atoms with Gasteiger partial charge in [-0.15, -0.1) is 0 Å². The number of carbonyl (C=O) groups is 1. The molecular formula is C12H17NO2. The number of hydrogen-bond acceptors (Lipinski definition) is 3. The summed E-state index contributed by atoms with van der Waals surface area (Å²) in [6.07, 6.45) is 1.04. The molecule has 0 saturated carbocycles. The van der Waals surface area contributed by atoms with E-state index in [0.29, 0.717) is 11.6 Å². The minimum Gasteiger partial charge on any atom is -0.465 e. The maximum Gasteiger partial charge on any atom is 0.337 e. The van der Waals surface area contributed by atoms with Crippen LogP contribution in [0.2, 0.25) is 0 Å². The first kappa shape index (κ1) is 11.6. The zero-order chi connectivity index (χ0) is 11.3. The van der Waals surface area contributed by atoms with E-state index in [-0.39, 0.29) is 5.97 Å². The Morgan fingerprint density at radius 3 is 2.87 bits per heavy atom. The van der Waals surface area contributed by atoms with Crippen molar-refractivity contribution in [2.45, 2.75) is 26.3 Å². The standard InChI is InChI=1S/C12H17NO2/c1-4-9(2)13-11-7-5-6-10(8-11)12(14)15-3/h5-9,13H,4H2,1-3H3. The Morgan fingerprint density at radius 2 is 2.27 bits per heavy atom. The third-order valence-electron chi connectivity index (χ3n) is 2.31. The molecule has 3 heteroatoms. The van der Waals surface area contributed by atoms with Crippen molar-refractivity contribution in [2.75, 3.05) is 12.4 Å². The van der Waals surface area contributed by atoms with Gasteiger partial charge in [-0.05, 0) is 31.5 Å². The predicted molar refractivity (Wildman–Crippen MR) is 61.2 cm³/mol. The molecule has 1 unspecified atom stereocenters. The molecule has 82 valence electrons. The van der Waals surface area contributed by atoms with Gasteiger partial charge < -0.3 is 10.1 Å². The molecule has 0 heterocycles. The van der Waals surface area contributed by atoms with E-state index in [1.807, 2.05) is 12.1 Å². The SMILES string of the molecule is CCC(C)Nc1cccc(C(=O)OC)c1. The van der Waals surface area contributed by atoms with E-state index in [1.54, 1.807) is 12.1 Å². The van der Waals surface area contributed by atoms with Crippen LogP contribution in [0.3, 0.4) is 0 Å². The van der Waals surface area contributed by atoms with Crippen molar-refractivity contribution in [1.82, 2.24) is 0 Å².